The number of anilines is 2. The summed E-state index contributed by atoms with van der Waals surface area (Å²) < 4.78 is 12.3. The number of ether oxygens (including phenoxy) is 2. The number of nitrogens with zero attached hydrogens (tertiary/aromatic N) is 4. The molecule has 4 rings (SSSR count). The van der Waals surface area contributed by atoms with Gasteiger partial charge in [0.2, 0.25) is 5.95 Å². The summed E-state index contributed by atoms with van der Waals surface area (Å²) in [5.74, 6) is 1.43. The first-order chi connectivity index (χ1) is 14.1. The van der Waals surface area contributed by atoms with Crippen LogP contribution in [0, 0.1) is 0 Å². The van der Waals surface area contributed by atoms with E-state index >= 15 is 0 Å². The zero-order valence-corrected chi connectivity index (χ0v) is 16.2. The van der Waals surface area contributed by atoms with Crippen molar-refractivity contribution >= 4 is 17.5 Å². The van der Waals surface area contributed by atoms with E-state index in [1.165, 1.54) is 0 Å². The molecule has 1 aliphatic heterocycles. The minimum Gasteiger partial charge on any atom is -0.497 e. The Morgan fingerprint density at radius 3 is 2.76 bits per heavy atom. The van der Waals surface area contributed by atoms with Crippen molar-refractivity contribution in [2.75, 3.05) is 24.9 Å². The minimum absolute atomic E-state index is 0.284. The lowest BCUT2D eigenvalue weighted by Gasteiger charge is -2.28. The van der Waals surface area contributed by atoms with Crippen molar-refractivity contribution in [2.45, 2.75) is 13.0 Å². The van der Waals surface area contributed by atoms with E-state index in [-0.39, 0.29) is 5.91 Å². The second-order valence-corrected chi connectivity index (χ2v) is 6.44. The zero-order valence-electron chi connectivity index (χ0n) is 16.2. The number of aromatic nitrogens is 4. The van der Waals surface area contributed by atoms with Gasteiger partial charge in [-0.1, -0.05) is 29.4 Å². The van der Waals surface area contributed by atoms with Crippen LogP contribution >= 0.6 is 0 Å². The summed E-state index contributed by atoms with van der Waals surface area (Å²) in [5, 5.41) is 17.9. The van der Waals surface area contributed by atoms with E-state index in [1.807, 2.05) is 43.3 Å². The Morgan fingerprint density at radius 2 is 1.97 bits per heavy atom. The van der Waals surface area contributed by atoms with Crippen LogP contribution in [-0.4, -0.2) is 40.3 Å². The van der Waals surface area contributed by atoms with E-state index in [0.29, 0.717) is 34.4 Å². The molecule has 3 aromatic rings. The molecule has 9 heteroatoms. The SMILES string of the molecule is COc1cccc([C@@H]2C(C(=O)Nc3ccccc3OC)=C(C)Nc3nnnn32)c1. The summed E-state index contributed by atoms with van der Waals surface area (Å²) in [5.41, 5.74) is 2.55. The van der Waals surface area contributed by atoms with Crippen molar-refractivity contribution in [3.05, 3.63) is 65.4 Å². The molecule has 0 unspecified atom stereocenters. The standard InChI is InChI=1S/C20H20N6O3/c1-12-17(19(27)22-15-9-4-5-10-16(15)29-3)18(26-20(21-12)23-24-25-26)13-7-6-8-14(11-13)28-2/h4-11,18H,1-3H3,(H,22,27)(H,21,23,25)/t18-/m1/s1. The fourth-order valence-electron chi connectivity index (χ4n) is 3.36. The Kier molecular flexibility index (Phi) is 4.86. The highest BCUT2D eigenvalue weighted by atomic mass is 16.5. The average Bonchev–Trinajstić information content (AvgIpc) is 3.21. The van der Waals surface area contributed by atoms with Crippen LogP contribution < -0.4 is 20.1 Å². The first kappa shape index (κ1) is 18.5. The van der Waals surface area contributed by atoms with Crippen molar-refractivity contribution in [2.24, 2.45) is 0 Å². The molecule has 0 aliphatic carbocycles. The second-order valence-electron chi connectivity index (χ2n) is 6.44. The molecule has 148 valence electrons. The molecule has 0 saturated heterocycles. The molecular weight excluding hydrogens is 372 g/mol. The van der Waals surface area contributed by atoms with E-state index in [1.54, 1.807) is 31.0 Å². The Bertz CT molecular complexity index is 1090. The monoisotopic (exact) mass is 392 g/mol. The van der Waals surface area contributed by atoms with Crippen LogP contribution in [0.3, 0.4) is 0 Å². The molecule has 29 heavy (non-hydrogen) atoms. The Morgan fingerprint density at radius 1 is 1.14 bits per heavy atom. The van der Waals surface area contributed by atoms with Crippen LogP contribution in [-0.2, 0) is 4.79 Å². The summed E-state index contributed by atoms with van der Waals surface area (Å²) >= 11 is 0. The lowest BCUT2D eigenvalue weighted by molar-refractivity contribution is -0.113. The Hall–Kier alpha value is -3.88. The highest BCUT2D eigenvalue weighted by Crippen LogP contribution is 2.36. The number of nitrogens with one attached hydrogen (secondary N) is 2. The normalized spacial score (nSPS) is 15.3. The van der Waals surface area contributed by atoms with E-state index in [0.717, 1.165) is 5.56 Å². The summed E-state index contributed by atoms with van der Waals surface area (Å²) in [6.07, 6.45) is 0. The Labute approximate surface area is 167 Å². The van der Waals surface area contributed by atoms with Gasteiger partial charge in [0.05, 0.1) is 25.5 Å². The van der Waals surface area contributed by atoms with Crippen LogP contribution in [0.2, 0.25) is 0 Å². The van der Waals surface area contributed by atoms with Gasteiger partial charge in [-0.25, -0.2) is 0 Å². The molecule has 0 radical (unpaired) electrons. The number of hydrogen-bond acceptors (Lipinski definition) is 7. The third-order valence-electron chi connectivity index (χ3n) is 4.72. The van der Waals surface area contributed by atoms with E-state index in [9.17, 15) is 4.79 Å². The molecule has 1 amide bonds. The van der Waals surface area contributed by atoms with Gasteiger partial charge < -0.3 is 20.1 Å². The zero-order chi connectivity index (χ0) is 20.4. The van der Waals surface area contributed by atoms with Crippen LogP contribution in [0.25, 0.3) is 0 Å². The van der Waals surface area contributed by atoms with Gasteiger partial charge in [-0.15, -0.1) is 0 Å². The number of allylic oxidation sites excluding steroid dienone is 1. The number of carbonyl (C=O) groups excluding carboxylic acids is 1. The van der Waals surface area contributed by atoms with Gasteiger partial charge in [-0.3, -0.25) is 4.79 Å². The number of hydrogen-bond donors (Lipinski definition) is 2. The third kappa shape index (κ3) is 3.38. The van der Waals surface area contributed by atoms with Gasteiger partial charge >= 0.3 is 0 Å². The molecule has 0 bridgehead atoms. The van der Waals surface area contributed by atoms with E-state index in [2.05, 4.69) is 26.2 Å². The van der Waals surface area contributed by atoms with Crippen molar-refractivity contribution < 1.29 is 14.3 Å². The first-order valence-electron chi connectivity index (χ1n) is 8.96. The number of para-hydroxylation sites is 2. The van der Waals surface area contributed by atoms with Crippen LogP contribution in [0.1, 0.15) is 18.5 Å². The van der Waals surface area contributed by atoms with Gasteiger partial charge in [0.25, 0.3) is 5.91 Å². The number of methoxy groups -OCH3 is 2. The summed E-state index contributed by atoms with van der Waals surface area (Å²) in [6.45, 7) is 1.82. The van der Waals surface area contributed by atoms with E-state index < -0.39 is 6.04 Å². The minimum atomic E-state index is -0.522. The maximum Gasteiger partial charge on any atom is 0.255 e. The molecule has 2 N–H and O–H groups in total. The van der Waals surface area contributed by atoms with Crippen LogP contribution in [0.15, 0.2) is 59.8 Å². The number of carbonyl (C=O) groups is 1. The molecule has 0 fully saturated rings. The predicted molar refractivity (Wildman–Crippen MR) is 107 cm³/mol. The first-order valence-corrected chi connectivity index (χ1v) is 8.96. The van der Waals surface area contributed by atoms with Gasteiger partial charge in [-0.2, -0.15) is 4.68 Å². The molecule has 1 atom stereocenters. The molecule has 2 aromatic carbocycles. The van der Waals surface area contributed by atoms with Crippen molar-refractivity contribution in [3.8, 4) is 11.5 Å². The molecule has 1 aromatic heterocycles. The highest BCUT2D eigenvalue weighted by Gasteiger charge is 2.34. The summed E-state index contributed by atoms with van der Waals surface area (Å²) in [6, 6.07) is 14.2. The molecule has 0 saturated carbocycles. The van der Waals surface area contributed by atoms with Gasteiger partial charge in [-0.05, 0) is 47.2 Å². The maximum absolute atomic E-state index is 13.3. The molecular formula is C20H20N6O3. The quantitative estimate of drug-likeness (QED) is 0.688. The summed E-state index contributed by atoms with van der Waals surface area (Å²) in [4.78, 5) is 13.3. The number of amides is 1. The molecule has 2 heterocycles. The molecule has 0 spiro atoms. The molecule has 9 nitrogen and oxygen atoms in total. The van der Waals surface area contributed by atoms with Crippen LogP contribution in [0.5, 0.6) is 11.5 Å². The third-order valence-corrected chi connectivity index (χ3v) is 4.72. The van der Waals surface area contributed by atoms with Crippen LogP contribution in [0.4, 0.5) is 11.6 Å². The van der Waals surface area contributed by atoms with Gasteiger partial charge in [0.1, 0.15) is 17.5 Å². The van der Waals surface area contributed by atoms with Crippen molar-refractivity contribution in [1.82, 2.24) is 20.2 Å². The number of benzene rings is 2. The predicted octanol–water partition coefficient (Wildman–Crippen LogP) is 2.62. The maximum atomic E-state index is 13.3. The molecule has 1 aliphatic rings. The smallest absolute Gasteiger partial charge is 0.255 e. The topological polar surface area (TPSA) is 103 Å². The van der Waals surface area contributed by atoms with E-state index in [4.69, 9.17) is 9.47 Å². The fraction of sp³-hybridized carbons (Fsp3) is 0.200. The van der Waals surface area contributed by atoms with Gasteiger partial charge in [0, 0.05) is 5.70 Å². The Balaban J connectivity index is 1.77. The average molecular weight is 392 g/mol. The second kappa shape index (κ2) is 7.63. The van der Waals surface area contributed by atoms with Crippen molar-refractivity contribution in [1.29, 1.82) is 0 Å². The number of fused-ring (bicyclic) bond motifs is 1. The van der Waals surface area contributed by atoms with Crippen molar-refractivity contribution in [3.63, 3.8) is 0 Å². The lowest BCUT2D eigenvalue weighted by Crippen LogP contribution is -2.31. The largest absolute Gasteiger partial charge is 0.497 e. The fourth-order valence-corrected chi connectivity index (χ4v) is 3.36. The highest BCUT2D eigenvalue weighted by molar-refractivity contribution is 6.06. The van der Waals surface area contributed by atoms with Gasteiger partial charge in [0.15, 0.2) is 0 Å². The summed E-state index contributed by atoms with van der Waals surface area (Å²) in [7, 11) is 3.16. The number of tetrazole rings is 1. The lowest BCUT2D eigenvalue weighted by atomic mass is 9.95. The number of rotatable bonds is 5.